The number of hydrogen-bond acceptors (Lipinski definition) is 2. The van der Waals surface area contributed by atoms with Crippen molar-refractivity contribution in [2.45, 2.75) is 17.7 Å². The summed E-state index contributed by atoms with van der Waals surface area (Å²) in [5.41, 5.74) is 1.17. The van der Waals surface area contributed by atoms with Crippen LogP contribution in [0.15, 0.2) is 70.7 Å². The summed E-state index contributed by atoms with van der Waals surface area (Å²) in [6.45, 7) is 0. The second-order valence-electron chi connectivity index (χ2n) is 4.35. The highest BCUT2D eigenvalue weighted by atomic mass is 32.2. The SMILES string of the molecule is O=S(C1=CCCc2ccccc2O1)c1ccccc1. The first-order valence-electron chi connectivity index (χ1n) is 6.27. The van der Waals surface area contributed by atoms with Crippen LogP contribution in [0.25, 0.3) is 0 Å². The van der Waals surface area contributed by atoms with Crippen molar-refractivity contribution in [1.29, 1.82) is 0 Å². The summed E-state index contributed by atoms with van der Waals surface area (Å²) in [6, 6.07) is 17.3. The van der Waals surface area contributed by atoms with Crippen molar-refractivity contribution in [3.05, 3.63) is 71.3 Å². The lowest BCUT2D eigenvalue weighted by Gasteiger charge is -2.10. The van der Waals surface area contributed by atoms with Crippen LogP contribution in [0.5, 0.6) is 5.75 Å². The zero-order valence-electron chi connectivity index (χ0n) is 10.4. The molecule has 0 saturated heterocycles. The van der Waals surface area contributed by atoms with Crippen molar-refractivity contribution < 1.29 is 8.95 Å². The van der Waals surface area contributed by atoms with Crippen molar-refractivity contribution in [2.24, 2.45) is 0 Å². The predicted molar refractivity (Wildman–Crippen MR) is 76.3 cm³/mol. The number of fused-ring (bicyclic) bond motifs is 1. The van der Waals surface area contributed by atoms with Gasteiger partial charge >= 0.3 is 0 Å². The number of ether oxygens (including phenoxy) is 1. The molecule has 1 aliphatic rings. The first-order chi connectivity index (χ1) is 9.34. The van der Waals surface area contributed by atoms with E-state index in [-0.39, 0.29) is 0 Å². The quantitative estimate of drug-likeness (QED) is 0.832. The van der Waals surface area contributed by atoms with E-state index in [0.29, 0.717) is 5.09 Å². The van der Waals surface area contributed by atoms with Gasteiger partial charge in [0.15, 0.2) is 5.09 Å². The molecule has 1 atom stereocenters. The zero-order chi connectivity index (χ0) is 13.1. The Kier molecular flexibility index (Phi) is 3.47. The van der Waals surface area contributed by atoms with Crippen LogP contribution in [0.1, 0.15) is 12.0 Å². The first-order valence-corrected chi connectivity index (χ1v) is 7.42. The Labute approximate surface area is 115 Å². The summed E-state index contributed by atoms with van der Waals surface area (Å²) in [5.74, 6) is 0.815. The molecule has 0 spiro atoms. The number of aryl methyl sites for hydroxylation is 1. The third-order valence-electron chi connectivity index (χ3n) is 3.05. The number of para-hydroxylation sites is 1. The highest BCUT2D eigenvalue weighted by Gasteiger charge is 2.16. The summed E-state index contributed by atoms with van der Waals surface area (Å²) < 4.78 is 18.3. The van der Waals surface area contributed by atoms with Crippen molar-refractivity contribution in [2.75, 3.05) is 0 Å². The van der Waals surface area contributed by atoms with Gasteiger partial charge in [-0.1, -0.05) is 36.4 Å². The van der Waals surface area contributed by atoms with Crippen molar-refractivity contribution in [1.82, 2.24) is 0 Å². The minimum Gasteiger partial charge on any atom is -0.448 e. The highest BCUT2D eigenvalue weighted by Crippen LogP contribution is 2.28. The fraction of sp³-hybridized carbons (Fsp3) is 0.125. The Balaban J connectivity index is 1.91. The molecule has 0 amide bonds. The number of allylic oxidation sites excluding steroid dienone is 1. The fourth-order valence-electron chi connectivity index (χ4n) is 2.08. The Morgan fingerprint density at radius 1 is 0.947 bits per heavy atom. The van der Waals surface area contributed by atoms with Gasteiger partial charge in [-0.15, -0.1) is 0 Å². The minimum absolute atomic E-state index is 0.538. The molecule has 2 nitrogen and oxygen atoms in total. The molecule has 1 heterocycles. The number of benzene rings is 2. The standard InChI is InChI=1S/C16H14O2S/c17-19(14-9-2-1-3-10-14)16-12-6-8-13-7-4-5-11-15(13)18-16/h1-5,7,9-12H,6,8H2. The number of rotatable bonds is 2. The maximum absolute atomic E-state index is 12.5. The van der Waals surface area contributed by atoms with E-state index < -0.39 is 10.8 Å². The molecule has 0 radical (unpaired) electrons. The summed E-state index contributed by atoms with van der Waals surface area (Å²) >= 11 is 0. The molecule has 0 aromatic heterocycles. The Morgan fingerprint density at radius 3 is 2.53 bits per heavy atom. The third kappa shape index (κ3) is 2.61. The molecular formula is C16H14O2S. The average Bonchev–Trinajstić information content (AvgIpc) is 2.69. The lowest BCUT2D eigenvalue weighted by Crippen LogP contribution is -2.03. The van der Waals surface area contributed by atoms with Gasteiger partial charge in [0, 0.05) is 4.90 Å². The fourth-order valence-corrected chi connectivity index (χ4v) is 3.15. The van der Waals surface area contributed by atoms with Crippen LogP contribution in [-0.4, -0.2) is 4.21 Å². The van der Waals surface area contributed by atoms with Crippen LogP contribution in [0.4, 0.5) is 0 Å². The van der Waals surface area contributed by atoms with Gasteiger partial charge in [0.05, 0.1) is 0 Å². The molecule has 3 rings (SSSR count). The van der Waals surface area contributed by atoms with Gasteiger partial charge in [-0.3, -0.25) is 0 Å². The second kappa shape index (κ2) is 5.41. The van der Waals surface area contributed by atoms with E-state index >= 15 is 0 Å². The highest BCUT2D eigenvalue weighted by molar-refractivity contribution is 7.88. The monoisotopic (exact) mass is 270 g/mol. The van der Waals surface area contributed by atoms with Gasteiger partial charge in [0.25, 0.3) is 0 Å². The first kappa shape index (κ1) is 12.2. The molecular weight excluding hydrogens is 256 g/mol. The topological polar surface area (TPSA) is 26.3 Å². The Hall–Kier alpha value is -1.87. The van der Waals surface area contributed by atoms with E-state index in [9.17, 15) is 4.21 Å². The molecule has 0 saturated carbocycles. The number of hydrogen-bond donors (Lipinski definition) is 0. The van der Waals surface area contributed by atoms with Crippen LogP contribution < -0.4 is 4.74 Å². The van der Waals surface area contributed by atoms with Gasteiger partial charge < -0.3 is 4.74 Å². The average molecular weight is 270 g/mol. The van der Waals surface area contributed by atoms with Gasteiger partial charge in [0.2, 0.25) is 0 Å². The van der Waals surface area contributed by atoms with Crippen LogP contribution in [-0.2, 0) is 17.2 Å². The third-order valence-corrected chi connectivity index (χ3v) is 4.36. The van der Waals surface area contributed by atoms with E-state index in [4.69, 9.17) is 4.74 Å². The van der Waals surface area contributed by atoms with Crippen LogP contribution in [0, 0.1) is 0 Å². The van der Waals surface area contributed by atoms with E-state index in [1.54, 1.807) is 0 Å². The Bertz CT molecular complexity index is 632. The summed E-state index contributed by atoms with van der Waals surface area (Å²) in [5, 5.41) is 0.538. The molecule has 0 aliphatic carbocycles. The normalized spacial score (nSPS) is 15.7. The van der Waals surface area contributed by atoms with Gasteiger partial charge in [-0.05, 0) is 42.7 Å². The summed E-state index contributed by atoms with van der Waals surface area (Å²) in [6.07, 6.45) is 3.71. The van der Waals surface area contributed by atoms with E-state index in [1.807, 2.05) is 54.6 Å². The molecule has 96 valence electrons. The molecule has 19 heavy (non-hydrogen) atoms. The van der Waals surface area contributed by atoms with Crippen molar-refractivity contribution >= 4 is 10.8 Å². The van der Waals surface area contributed by atoms with Crippen molar-refractivity contribution in [3.63, 3.8) is 0 Å². The second-order valence-corrected chi connectivity index (χ2v) is 5.76. The van der Waals surface area contributed by atoms with Gasteiger partial charge in [-0.2, -0.15) is 0 Å². The lowest BCUT2D eigenvalue weighted by molar-refractivity contribution is 0.458. The smallest absolute Gasteiger partial charge is 0.191 e. The Morgan fingerprint density at radius 2 is 1.68 bits per heavy atom. The van der Waals surface area contributed by atoms with E-state index in [0.717, 1.165) is 23.5 Å². The van der Waals surface area contributed by atoms with Crippen molar-refractivity contribution in [3.8, 4) is 5.75 Å². The van der Waals surface area contributed by atoms with Crippen LogP contribution >= 0.6 is 0 Å². The molecule has 0 N–H and O–H groups in total. The van der Waals surface area contributed by atoms with E-state index in [1.165, 1.54) is 5.56 Å². The minimum atomic E-state index is -1.25. The summed E-state index contributed by atoms with van der Waals surface area (Å²) in [4.78, 5) is 0.771. The molecule has 1 unspecified atom stereocenters. The van der Waals surface area contributed by atoms with Crippen LogP contribution in [0.2, 0.25) is 0 Å². The molecule has 2 aromatic carbocycles. The van der Waals surface area contributed by atoms with Gasteiger partial charge in [0.1, 0.15) is 16.5 Å². The van der Waals surface area contributed by atoms with Crippen LogP contribution in [0.3, 0.4) is 0 Å². The summed E-state index contributed by atoms with van der Waals surface area (Å²) in [7, 11) is -1.25. The largest absolute Gasteiger partial charge is 0.448 e. The maximum atomic E-state index is 12.5. The molecule has 1 aliphatic heterocycles. The lowest BCUT2D eigenvalue weighted by atomic mass is 10.1. The predicted octanol–water partition coefficient (Wildman–Crippen LogP) is 3.66. The maximum Gasteiger partial charge on any atom is 0.191 e. The zero-order valence-corrected chi connectivity index (χ0v) is 11.2. The van der Waals surface area contributed by atoms with E-state index in [2.05, 4.69) is 6.07 Å². The molecule has 0 bridgehead atoms. The molecule has 2 aromatic rings. The molecule has 3 heteroatoms. The van der Waals surface area contributed by atoms with Gasteiger partial charge in [-0.25, -0.2) is 4.21 Å². The molecule has 0 fully saturated rings.